The Morgan fingerprint density at radius 2 is 1.77 bits per heavy atom. The zero-order valence-electron chi connectivity index (χ0n) is 23.9. The summed E-state index contributed by atoms with van der Waals surface area (Å²) in [5.74, 6) is 1.60. The molecular formula is C34H44N2O2S. The highest BCUT2D eigenvalue weighted by Gasteiger charge is 2.25. The first-order chi connectivity index (χ1) is 18.7. The molecule has 1 unspecified atom stereocenters. The van der Waals surface area contributed by atoms with Gasteiger partial charge in [-0.3, -0.25) is 9.79 Å². The molecule has 4 rings (SSSR count). The van der Waals surface area contributed by atoms with E-state index in [0.29, 0.717) is 17.8 Å². The lowest BCUT2D eigenvalue weighted by atomic mass is 9.73. The van der Waals surface area contributed by atoms with Crippen molar-refractivity contribution in [1.29, 1.82) is 0 Å². The van der Waals surface area contributed by atoms with Crippen LogP contribution in [0, 0.1) is 11.8 Å². The number of carbonyl (C=O) groups excluding carboxylic acids is 2. The Morgan fingerprint density at radius 1 is 1.05 bits per heavy atom. The van der Waals surface area contributed by atoms with E-state index in [1.165, 1.54) is 61.9 Å². The smallest absolute Gasteiger partial charge is 0.261 e. The SMILES string of the molecule is C=C(C=NCc1ccc(C[C@@H](C=O)NC(=O)c2ccc(C(C)(C)C)s2)cc1)C1=CCC(C2CCCCC2)CC1. The fraction of sp³-hybridized carbons (Fsp3) is 0.500. The molecule has 1 saturated carbocycles. The van der Waals surface area contributed by atoms with E-state index < -0.39 is 6.04 Å². The monoisotopic (exact) mass is 544 g/mol. The molecule has 4 nitrogen and oxygen atoms in total. The molecule has 0 bridgehead atoms. The van der Waals surface area contributed by atoms with E-state index in [-0.39, 0.29) is 11.3 Å². The number of amides is 1. The predicted octanol–water partition coefficient (Wildman–Crippen LogP) is 8.02. The number of thiophene rings is 1. The molecule has 2 aromatic rings. The second kappa shape index (κ2) is 13.5. The van der Waals surface area contributed by atoms with Gasteiger partial charge in [-0.25, -0.2) is 0 Å². The van der Waals surface area contributed by atoms with Crippen LogP contribution in [0.2, 0.25) is 0 Å². The first-order valence-electron chi connectivity index (χ1n) is 14.6. The lowest BCUT2D eigenvalue weighted by Gasteiger charge is -2.32. The van der Waals surface area contributed by atoms with Crippen LogP contribution >= 0.6 is 11.3 Å². The fourth-order valence-electron chi connectivity index (χ4n) is 5.79. The van der Waals surface area contributed by atoms with Crippen molar-refractivity contribution in [3.63, 3.8) is 0 Å². The molecule has 2 aliphatic rings. The van der Waals surface area contributed by atoms with Gasteiger partial charge in [0.1, 0.15) is 6.29 Å². The van der Waals surface area contributed by atoms with Crippen LogP contribution in [0.4, 0.5) is 0 Å². The zero-order chi connectivity index (χ0) is 27.8. The summed E-state index contributed by atoms with van der Waals surface area (Å²) >= 11 is 1.48. The second-order valence-corrected chi connectivity index (χ2v) is 13.4. The Kier molecular flexibility index (Phi) is 10.1. The van der Waals surface area contributed by atoms with Crippen molar-refractivity contribution >= 4 is 29.7 Å². The van der Waals surface area contributed by atoms with Gasteiger partial charge in [-0.2, -0.15) is 0 Å². The van der Waals surface area contributed by atoms with Crippen molar-refractivity contribution in [3.8, 4) is 0 Å². The van der Waals surface area contributed by atoms with Gasteiger partial charge in [-0.1, -0.05) is 89.8 Å². The summed E-state index contributed by atoms with van der Waals surface area (Å²) in [6, 6.07) is 11.4. The molecule has 1 N–H and O–H groups in total. The van der Waals surface area contributed by atoms with E-state index in [1.807, 2.05) is 42.6 Å². The molecule has 39 heavy (non-hydrogen) atoms. The Hall–Kier alpha value is -2.79. The average molecular weight is 545 g/mol. The van der Waals surface area contributed by atoms with Crippen LogP contribution < -0.4 is 5.32 Å². The number of allylic oxidation sites excluding steroid dienone is 3. The van der Waals surface area contributed by atoms with Crippen molar-refractivity contribution < 1.29 is 9.59 Å². The molecule has 2 atom stereocenters. The maximum Gasteiger partial charge on any atom is 0.261 e. The molecule has 0 saturated heterocycles. The number of benzene rings is 1. The standard InChI is InChI=1S/C34H44N2O2S/c1-24(27-14-16-29(17-15-27)28-8-6-5-7-9-28)21-35-22-26-12-10-25(11-13-26)20-30(23-37)36-33(38)31-18-19-32(39-31)34(2,3)4/h10-14,18-19,21,23,28-30H,1,5-9,15-17,20,22H2,2-4H3,(H,36,38)/t29?,30-/m0/s1. The molecule has 1 aromatic heterocycles. The van der Waals surface area contributed by atoms with Crippen LogP contribution in [0.1, 0.15) is 97.8 Å². The zero-order valence-corrected chi connectivity index (χ0v) is 24.7. The average Bonchev–Trinajstić information content (AvgIpc) is 3.46. The molecular weight excluding hydrogens is 500 g/mol. The summed E-state index contributed by atoms with van der Waals surface area (Å²) in [7, 11) is 0. The summed E-state index contributed by atoms with van der Waals surface area (Å²) in [6.07, 6.45) is 16.3. The third-order valence-corrected chi connectivity index (χ3v) is 9.74. The van der Waals surface area contributed by atoms with Gasteiger partial charge in [-0.05, 0) is 77.3 Å². The van der Waals surface area contributed by atoms with E-state index in [1.54, 1.807) is 0 Å². The predicted molar refractivity (Wildman–Crippen MR) is 164 cm³/mol. The van der Waals surface area contributed by atoms with Crippen LogP contribution in [0.25, 0.3) is 0 Å². The normalized spacial score (nSPS) is 19.5. The maximum absolute atomic E-state index is 12.7. The molecule has 1 amide bonds. The van der Waals surface area contributed by atoms with Crippen LogP contribution in [0.3, 0.4) is 0 Å². The minimum Gasteiger partial charge on any atom is -0.341 e. The van der Waals surface area contributed by atoms with Gasteiger partial charge in [0.2, 0.25) is 0 Å². The lowest BCUT2D eigenvalue weighted by Crippen LogP contribution is -2.37. The number of hydrogen-bond acceptors (Lipinski definition) is 4. The van der Waals surface area contributed by atoms with E-state index in [4.69, 9.17) is 0 Å². The van der Waals surface area contributed by atoms with Gasteiger partial charge in [0, 0.05) is 11.1 Å². The molecule has 0 aliphatic heterocycles. The highest BCUT2D eigenvalue weighted by molar-refractivity contribution is 7.14. The maximum atomic E-state index is 12.7. The lowest BCUT2D eigenvalue weighted by molar-refractivity contribution is -0.109. The second-order valence-electron chi connectivity index (χ2n) is 12.3. The molecule has 1 aromatic carbocycles. The van der Waals surface area contributed by atoms with Crippen LogP contribution in [0.15, 0.2) is 65.2 Å². The molecule has 0 radical (unpaired) electrons. The van der Waals surface area contributed by atoms with Crippen LogP contribution in [-0.4, -0.2) is 24.4 Å². The minimum absolute atomic E-state index is 0.00274. The fourth-order valence-corrected chi connectivity index (χ4v) is 6.76. The highest BCUT2D eigenvalue weighted by Crippen LogP contribution is 2.38. The highest BCUT2D eigenvalue weighted by atomic mass is 32.1. The summed E-state index contributed by atoms with van der Waals surface area (Å²) in [4.78, 5) is 30.8. The van der Waals surface area contributed by atoms with Gasteiger partial charge in [0.05, 0.1) is 17.5 Å². The molecule has 1 fully saturated rings. The Bertz CT molecular complexity index is 1190. The first kappa shape index (κ1) is 29.2. The van der Waals surface area contributed by atoms with Crippen LogP contribution in [-0.2, 0) is 23.2 Å². The number of rotatable bonds is 10. The molecule has 2 aliphatic carbocycles. The third-order valence-electron chi connectivity index (χ3n) is 8.23. The van der Waals surface area contributed by atoms with Gasteiger partial charge in [-0.15, -0.1) is 11.3 Å². The number of aliphatic imine (C=N–C) groups is 1. The van der Waals surface area contributed by atoms with Crippen molar-refractivity contribution in [2.75, 3.05) is 0 Å². The number of hydrogen-bond donors (Lipinski definition) is 1. The molecule has 208 valence electrons. The van der Waals surface area contributed by atoms with E-state index in [0.717, 1.165) is 46.1 Å². The van der Waals surface area contributed by atoms with Crippen molar-refractivity contribution in [2.24, 2.45) is 16.8 Å². The Balaban J connectivity index is 1.23. The minimum atomic E-state index is -0.564. The topological polar surface area (TPSA) is 58.5 Å². The van der Waals surface area contributed by atoms with Crippen LogP contribution in [0.5, 0.6) is 0 Å². The van der Waals surface area contributed by atoms with Gasteiger partial charge >= 0.3 is 0 Å². The molecule has 1 heterocycles. The van der Waals surface area contributed by atoms with E-state index in [2.05, 4.69) is 43.7 Å². The Morgan fingerprint density at radius 3 is 2.38 bits per heavy atom. The first-order valence-corrected chi connectivity index (χ1v) is 15.4. The van der Waals surface area contributed by atoms with Gasteiger partial charge in [0.15, 0.2) is 0 Å². The number of nitrogens with zero attached hydrogens (tertiary/aromatic N) is 1. The summed E-state index contributed by atoms with van der Waals surface area (Å²) in [6.45, 7) is 11.3. The summed E-state index contributed by atoms with van der Waals surface area (Å²) in [5.41, 5.74) is 4.51. The number of carbonyl (C=O) groups is 2. The van der Waals surface area contributed by atoms with Gasteiger partial charge < -0.3 is 10.1 Å². The summed E-state index contributed by atoms with van der Waals surface area (Å²) < 4.78 is 0. The van der Waals surface area contributed by atoms with Crippen molar-refractivity contribution in [2.45, 2.75) is 96.6 Å². The molecule has 5 heteroatoms. The van der Waals surface area contributed by atoms with Gasteiger partial charge in [0.25, 0.3) is 5.91 Å². The quantitative estimate of drug-likeness (QED) is 0.243. The van der Waals surface area contributed by atoms with E-state index >= 15 is 0 Å². The largest absolute Gasteiger partial charge is 0.341 e. The van der Waals surface area contributed by atoms with Crippen molar-refractivity contribution in [3.05, 3.63) is 81.1 Å². The van der Waals surface area contributed by atoms with E-state index in [9.17, 15) is 9.59 Å². The molecule has 0 spiro atoms. The Labute approximate surface area is 238 Å². The van der Waals surface area contributed by atoms with Crippen molar-refractivity contribution in [1.82, 2.24) is 5.32 Å². The number of aldehydes is 1. The third kappa shape index (κ3) is 8.35. The number of nitrogens with one attached hydrogen (secondary N) is 1. The summed E-state index contributed by atoms with van der Waals surface area (Å²) in [5, 5.41) is 2.87.